The highest BCUT2D eigenvalue weighted by Crippen LogP contribution is 2.15. The SMILES string of the molecule is COCC(C)n1cc(C)nc1NCCNC(C)=O. The smallest absolute Gasteiger partial charge is 0.216 e. The molecule has 0 saturated heterocycles. The summed E-state index contributed by atoms with van der Waals surface area (Å²) < 4.78 is 7.19. The molecular weight excluding hydrogens is 232 g/mol. The lowest BCUT2D eigenvalue weighted by molar-refractivity contribution is -0.118. The summed E-state index contributed by atoms with van der Waals surface area (Å²) in [4.78, 5) is 15.2. The third kappa shape index (κ3) is 4.37. The summed E-state index contributed by atoms with van der Waals surface area (Å²) in [6.07, 6.45) is 1.99. The summed E-state index contributed by atoms with van der Waals surface area (Å²) in [7, 11) is 1.68. The third-order valence-corrected chi connectivity index (χ3v) is 2.52. The molecule has 0 spiro atoms. The molecule has 1 heterocycles. The maximum absolute atomic E-state index is 10.7. The number of anilines is 1. The van der Waals surface area contributed by atoms with Crippen LogP contribution in [0, 0.1) is 6.92 Å². The predicted octanol–water partition coefficient (Wildman–Crippen LogP) is 0.947. The van der Waals surface area contributed by atoms with E-state index in [1.807, 2.05) is 17.7 Å². The largest absolute Gasteiger partial charge is 0.383 e. The van der Waals surface area contributed by atoms with Crippen molar-refractivity contribution in [3.05, 3.63) is 11.9 Å². The van der Waals surface area contributed by atoms with E-state index in [0.29, 0.717) is 19.7 Å². The molecular formula is C12H22N4O2. The molecule has 1 atom stereocenters. The first-order chi connectivity index (χ1) is 8.54. The van der Waals surface area contributed by atoms with Crippen molar-refractivity contribution in [3.63, 3.8) is 0 Å². The number of rotatable bonds is 7. The summed E-state index contributed by atoms with van der Waals surface area (Å²) in [5.74, 6) is 0.784. The number of ether oxygens (including phenoxy) is 1. The van der Waals surface area contributed by atoms with Gasteiger partial charge in [-0.25, -0.2) is 4.98 Å². The summed E-state index contributed by atoms with van der Waals surface area (Å²) in [6.45, 7) is 7.40. The average molecular weight is 254 g/mol. The monoisotopic (exact) mass is 254 g/mol. The standard InChI is InChI=1S/C12H22N4O2/c1-9-7-16(10(2)8-18-4)12(15-9)14-6-5-13-11(3)17/h7,10H,5-6,8H2,1-4H3,(H,13,17)(H,14,15). The van der Waals surface area contributed by atoms with Gasteiger partial charge in [0, 0.05) is 33.3 Å². The predicted molar refractivity (Wildman–Crippen MR) is 70.7 cm³/mol. The molecule has 0 fully saturated rings. The van der Waals surface area contributed by atoms with Crippen LogP contribution in [0.25, 0.3) is 0 Å². The van der Waals surface area contributed by atoms with E-state index in [1.165, 1.54) is 6.92 Å². The lowest BCUT2D eigenvalue weighted by Gasteiger charge is -2.16. The van der Waals surface area contributed by atoms with Crippen molar-refractivity contribution in [1.29, 1.82) is 0 Å². The number of hydrogen-bond donors (Lipinski definition) is 2. The highest BCUT2D eigenvalue weighted by Gasteiger charge is 2.11. The van der Waals surface area contributed by atoms with E-state index in [0.717, 1.165) is 11.6 Å². The van der Waals surface area contributed by atoms with E-state index in [2.05, 4.69) is 22.5 Å². The van der Waals surface area contributed by atoms with Gasteiger partial charge < -0.3 is 19.9 Å². The van der Waals surface area contributed by atoms with E-state index in [-0.39, 0.29) is 11.9 Å². The van der Waals surface area contributed by atoms with Gasteiger partial charge in [0.2, 0.25) is 11.9 Å². The molecule has 1 aromatic heterocycles. The molecule has 0 saturated carbocycles. The average Bonchev–Trinajstić information content (AvgIpc) is 2.66. The van der Waals surface area contributed by atoms with Crippen LogP contribution in [0.3, 0.4) is 0 Å². The number of amides is 1. The Morgan fingerprint density at radius 2 is 2.28 bits per heavy atom. The zero-order valence-corrected chi connectivity index (χ0v) is 11.5. The molecule has 102 valence electrons. The van der Waals surface area contributed by atoms with Crippen molar-refractivity contribution in [2.24, 2.45) is 0 Å². The lowest BCUT2D eigenvalue weighted by Crippen LogP contribution is -2.27. The third-order valence-electron chi connectivity index (χ3n) is 2.52. The van der Waals surface area contributed by atoms with Gasteiger partial charge in [0.1, 0.15) is 0 Å². The van der Waals surface area contributed by atoms with Crippen LogP contribution >= 0.6 is 0 Å². The molecule has 0 aromatic carbocycles. The van der Waals surface area contributed by atoms with E-state index in [4.69, 9.17) is 4.74 Å². The molecule has 0 aliphatic heterocycles. The van der Waals surface area contributed by atoms with Gasteiger partial charge >= 0.3 is 0 Å². The summed E-state index contributed by atoms with van der Waals surface area (Å²) in [6, 6.07) is 0.222. The maximum Gasteiger partial charge on any atom is 0.216 e. The highest BCUT2D eigenvalue weighted by molar-refractivity contribution is 5.72. The lowest BCUT2D eigenvalue weighted by atomic mass is 10.3. The minimum Gasteiger partial charge on any atom is -0.383 e. The summed E-state index contributed by atoms with van der Waals surface area (Å²) >= 11 is 0. The van der Waals surface area contributed by atoms with Crippen molar-refractivity contribution in [2.45, 2.75) is 26.8 Å². The summed E-state index contributed by atoms with van der Waals surface area (Å²) in [5, 5.41) is 5.94. The number of nitrogens with one attached hydrogen (secondary N) is 2. The van der Waals surface area contributed by atoms with Crippen LogP contribution in [-0.2, 0) is 9.53 Å². The summed E-state index contributed by atoms with van der Waals surface area (Å²) in [5.41, 5.74) is 0.958. The first-order valence-corrected chi connectivity index (χ1v) is 6.07. The van der Waals surface area contributed by atoms with Crippen molar-refractivity contribution in [2.75, 3.05) is 32.1 Å². The van der Waals surface area contributed by atoms with E-state index >= 15 is 0 Å². The first-order valence-electron chi connectivity index (χ1n) is 6.07. The van der Waals surface area contributed by atoms with Crippen molar-refractivity contribution in [3.8, 4) is 0 Å². The number of imidazole rings is 1. The molecule has 0 aliphatic rings. The Labute approximate surface area is 108 Å². The highest BCUT2D eigenvalue weighted by atomic mass is 16.5. The van der Waals surface area contributed by atoms with Crippen molar-refractivity contribution in [1.82, 2.24) is 14.9 Å². The van der Waals surface area contributed by atoms with Crippen LogP contribution in [-0.4, -0.2) is 42.3 Å². The van der Waals surface area contributed by atoms with Crippen molar-refractivity contribution < 1.29 is 9.53 Å². The zero-order valence-electron chi connectivity index (χ0n) is 11.5. The Kier molecular flexibility index (Phi) is 5.64. The Balaban J connectivity index is 2.56. The van der Waals surface area contributed by atoms with Crippen LogP contribution < -0.4 is 10.6 Å². The topological polar surface area (TPSA) is 68.2 Å². The fourth-order valence-corrected chi connectivity index (χ4v) is 1.72. The Hall–Kier alpha value is -1.56. The fourth-order valence-electron chi connectivity index (χ4n) is 1.72. The van der Waals surface area contributed by atoms with Crippen LogP contribution in [0.2, 0.25) is 0 Å². The van der Waals surface area contributed by atoms with Crippen LogP contribution in [0.1, 0.15) is 25.6 Å². The molecule has 6 nitrogen and oxygen atoms in total. The Morgan fingerprint density at radius 1 is 1.56 bits per heavy atom. The van der Waals surface area contributed by atoms with Crippen molar-refractivity contribution >= 4 is 11.9 Å². The Bertz CT molecular complexity index is 389. The molecule has 1 aromatic rings. The number of methoxy groups -OCH3 is 1. The van der Waals surface area contributed by atoms with Gasteiger partial charge in [-0.15, -0.1) is 0 Å². The first kappa shape index (κ1) is 14.5. The normalized spacial score (nSPS) is 12.2. The molecule has 18 heavy (non-hydrogen) atoms. The van der Waals surface area contributed by atoms with Crippen LogP contribution in [0.5, 0.6) is 0 Å². The second kappa shape index (κ2) is 7.00. The number of hydrogen-bond acceptors (Lipinski definition) is 4. The van der Waals surface area contributed by atoms with E-state index in [1.54, 1.807) is 7.11 Å². The number of carbonyl (C=O) groups is 1. The van der Waals surface area contributed by atoms with Gasteiger partial charge in [-0.1, -0.05) is 0 Å². The second-order valence-electron chi connectivity index (χ2n) is 4.33. The fraction of sp³-hybridized carbons (Fsp3) is 0.667. The van der Waals surface area contributed by atoms with Crippen LogP contribution in [0.15, 0.2) is 6.20 Å². The van der Waals surface area contributed by atoms with E-state index in [9.17, 15) is 4.79 Å². The molecule has 0 radical (unpaired) electrons. The van der Waals surface area contributed by atoms with E-state index < -0.39 is 0 Å². The second-order valence-corrected chi connectivity index (χ2v) is 4.33. The zero-order chi connectivity index (χ0) is 13.5. The molecule has 1 rings (SSSR count). The van der Waals surface area contributed by atoms with Gasteiger partial charge in [-0.2, -0.15) is 0 Å². The quantitative estimate of drug-likeness (QED) is 0.711. The van der Waals surface area contributed by atoms with Gasteiger partial charge in [0.15, 0.2) is 0 Å². The van der Waals surface area contributed by atoms with Gasteiger partial charge in [0.05, 0.1) is 18.3 Å². The van der Waals surface area contributed by atoms with Gasteiger partial charge in [-0.05, 0) is 13.8 Å². The molecule has 6 heteroatoms. The number of aryl methyl sites for hydroxylation is 1. The minimum atomic E-state index is -0.0240. The van der Waals surface area contributed by atoms with Gasteiger partial charge in [-0.3, -0.25) is 4.79 Å². The molecule has 0 aliphatic carbocycles. The number of aromatic nitrogens is 2. The molecule has 0 bridgehead atoms. The van der Waals surface area contributed by atoms with Gasteiger partial charge in [0.25, 0.3) is 0 Å². The number of nitrogens with zero attached hydrogens (tertiary/aromatic N) is 2. The van der Waals surface area contributed by atoms with Crippen LogP contribution in [0.4, 0.5) is 5.95 Å². The molecule has 2 N–H and O–H groups in total. The molecule has 1 amide bonds. The number of carbonyl (C=O) groups excluding carboxylic acids is 1. The Morgan fingerprint density at radius 3 is 2.89 bits per heavy atom. The maximum atomic E-state index is 10.7. The minimum absolute atomic E-state index is 0.0240. The molecule has 1 unspecified atom stereocenters.